The van der Waals surface area contributed by atoms with Gasteiger partial charge in [-0.1, -0.05) is 103 Å². The van der Waals surface area contributed by atoms with E-state index >= 15 is 0 Å². The molecule has 0 saturated carbocycles. The molecule has 0 aliphatic heterocycles. The molecule has 0 aliphatic rings. The average molecular weight is 360 g/mol. The second kappa shape index (κ2) is 6.82. The van der Waals surface area contributed by atoms with Crippen molar-refractivity contribution >= 4 is 11.0 Å². The normalized spacial score (nSPS) is 11.6. The first-order chi connectivity index (χ1) is 13.9. The van der Waals surface area contributed by atoms with E-state index in [2.05, 4.69) is 108 Å². The first-order valence-electron chi connectivity index (χ1n) is 9.51. The Morgan fingerprint density at radius 1 is 0.500 bits per heavy atom. The molecule has 1 N–H and O–H groups in total. The fraction of sp³-hybridized carbons (Fsp3) is 0.0385. The molecule has 1 heterocycles. The molecular formula is C26H20N2. The molecular weight excluding hydrogens is 340 g/mol. The van der Waals surface area contributed by atoms with Crippen molar-refractivity contribution < 1.29 is 0 Å². The number of H-pyrrole nitrogens is 1. The summed E-state index contributed by atoms with van der Waals surface area (Å²) < 4.78 is 0. The standard InChI is InChI=1S/C26H20N2/c1-4-12-20(13-5-1)26(21-14-6-2-7-15-21,22-16-8-3-9-17-22)25-27-23-18-10-11-19-24(23)28-25/h1-19H,(H,27,28). The Morgan fingerprint density at radius 2 is 0.929 bits per heavy atom. The highest BCUT2D eigenvalue weighted by Crippen LogP contribution is 2.44. The summed E-state index contributed by atoms with van der Waals surface area (Å²) in [6.07, 6.45) is 0. The number of hydrogen-bond acceptors (Lipinski definition) is 1. The first kappa shape index (κ1) is 16.5. The second-order valence-corrected chi connectivity index (χ2v) is 6.95. The van der Waals surface area contributed by atoms with E-state index in [1.54, 1.807) is 0 Å². The van der Waals surface area contributed by atoms with Crippen LogP contribution in [0.15, 0.2) is 115 Å². The zero-order valence-corrected chi connectivity index (χ0v) is 15.4. The van der Waals surface area contributed by atoms with Gasteiger partial charge >= 0.3 is 0 Å². The minimum Gasteiger partial charge on any atom is -0.341 e. The maximum Gasteiger partial charge on any atom is 0.126 e. The molecule has 1 aromatic heterocycles. The summed E-state index contributed by atoms with van der Waals surface area (Å²) in [5, 5.41) is 0. The predicted octanol–water partition coefficient (Wildman–Crippen LogP) is 5.95. The van der Waals surface area contributed by atoms with Gasteiger partial charge in [-0.2, -0.15) is 0 Å². The molecule has 2 nitrogen and oxygen atoms in total. The van der Waals surface area contributed by atoms with Gasteiger partial charge in [0.25, 0.3) is 0 Å². The highest BCUT2D eigenvalue weighted by atomic mass is 14.9. The molecule has 2 heteroatoms. The molecule has 0 fully saturated rings. The van der Waals surface area contributed by atoms with Crippen LogP contribution in [0.25, 0.3) is 11.0 Å². The lowest BCUT2D eigenvalue weighted by Gasteiger charge is -2.34. The van der Waals surface area contributed by atoms with Crippen LogP contribution >= 0.6 is 0 Å². The lowest BCUT2D eigenvalue weighted by atomic mass is 9.69. The molecule has 28 heavy (non-hydrogen) atoms. The van der Waals surface area contributed by atoms with Crippen molar-refractivity contribution in [2.45, 2.75) is 5.41 Å². The van der Waals surface area contributed by atoms with E-state index in [0.717, 1.165) is 16.9 Å². The Morgan fingerprint density at radius 3 is 1.39 bits per heavy atom. The Kier molecular flexibility index (Phi) is 4.02. The van der Waals surface area contributed by atoms with E-state index in [9.17, 15) is 0 Å². The van der Waals surface area contributed by atoms with Gasteiger partial charge in [0.15, 0.2) is 0 Å². The summed E-state index contributed by atoms with van der Waals surface area (Å²) in [6, 6.07) is 40.1. The lowest BCUT2D eigenvalue weighted by molar-refractivity contribution is 0.695. The van der Waals surface area contributed by atoms with Gasteiger partial charge in [0.2, 0.25) is 0 Å². The summed E-state index contributed by atoms with van der Waals surface area (Å²) in [7, 11) is 0. The molecule has 0 aliphatic carbocycles. The van der Waals surface area contributed by atoms with Crippen LogP contribution in [0.1, 0.15) is 22.5 Å². The van der Waals surface area contributed by atoms with Crippen LogP contribution in [0.4, 0.5) is 0 Å². The quantitative estimate of drug-likeness (QED) is 0.394. The predicted molar refractivity (Wildman–Crippen MR) is 114 cm³/mol. The van der Waals surface area contributed by atoms with Gasteiger partial charge in [-0.3, -0.25) is 0 Å². The van der Waals surface area contributed by atoms with Crippen molar-refractivity contribution in [3.05, 3.63) is 138 Å². The van der Waals surface area contributed by atoms with Crippen LogP contribution < -0.4 is 0 Å². The van der Waals surface area contributed by atoms with Crippen molar-refractivity contribution in [1.29, 1.82) is 0 Å². The van der Waals surface area contributed by atoms with E-state index in [4.69, 9.17) is 4.98 Å². The van der Waals surface area contributed by atoms with Crippen LogP contribution in [0.5, 0.6) is 0 Å². The van der Waals surface area contributed by atoms with Gasteiger partial charge in [-0.05, 0) is 28.8 Å². The van der Waals surface area contributed by atoms with Crippen molar-refractivity contribution in [1.82, 2.24) is 9.97 Å². The van der Waals surface area contributed by atoms with Crippen molar-refractivity contribution in [2.24, 2.45) is 0 Å². The number of nitrogens with zero attached hydrogens (tertiary/aromatic N) is 1. The molecule has 0 atom stereocenters. The van der Waals surface area contributed by atoms with E-state index in [0.29, 0.717) is 0 Å². The molecule has 5 rings (SSSR count). The summed E-state index contributed by atoms with van der Waals surface area (Å²) >= 11 is 0. The number of fused-ring (bicyclic) bond motifs is 1. The Balaban J connectivity index is 1.92. The summed E-state index contributed by atoms with van der Waals surface area (Å²) in [6.45, 7) is 0. The number of imidazole rings is 1. The zero-order valence-electron chi connectivity index (χ0n) is 15.4. The van der Waals surface area contributed by atoms with Gasteiger partial charge in [-0.15, -0.1) is 0 Å². The van der Waals surface area contributed by atoms with E-state index in [1.807, 2.05) is 12.1 Å². The molecule has 0 amide bonds. The number of rotatable bonds is 4. The van der Waals surface area contributed by atoms with E-state index in [-0.39, 0.29) is 0 Å². The zero-order chi connectivity index (χ0) is 18.8. The van der Waals surface area contributed by atoms with Crippen molar-refractivity contribution in [3.63, 3.8) is 0 Å². The maximum absolute atomic E-state index is 5.06. The first-order valence-corrected chi connectivity index (χ1v) is 9.51. The molecule has 0 radical (unpaired) electrons. The molecule has 5 aromatic rings. The minimum absolute atomic E-state index is 0.525. The third kappa shape index (κ3) is 2.54. The fourth-order valence-corrected chi connectivity index (χ4v) is 4.11. The monoisotopic (exact) mass is 360 g/mol. The minimum atomic E-state index is -0.525. The number of para-hydroxylation sites is 2. The average Bonchev–Trinajstić information content (AvgIpc) is 3.21. The molecule has 4 aromatic carbocycles. The highest BCUT2D eigenvalue weighted by Gasteiger charge is 2.41. The topological polar surface area (TPSA) is 28.7 Å². The molecule has 0 unspecified atom stereocenters. The van der Waals surface area contributed by atoms with E-state index < -0.39 is 5.41 Å². The van der Waals surface area contributed by atoms with Crippen molar-refractivity contribution in [3.8, 4) is 0 Å². The fourth-order valence-electron chi connectivity index (χ4n) is 4.11. The van der Waals surface area contributed by atoms with Gasteiger partial charge in [0.05, 0.1) is 11.0 Å². The number of benzene rings is 4. The molecule has 0 saturated heterocycles. The number of hydrogen-bond donors (Lipinski definition) is 1. The number of aromatic nitrogens is 2. The Labute approximate surface area is 164 Å². The van der Waals surface area contributed by atoms with Gasteiger partial charge in [0, 0.05) is 0 Å². The van der Waals surface area contributed by atoms with Crippen LogP contribution in [-0.4, -0.2) is 9.97 Å². The summed E-state index contributed by atoms with van der Waals surface area (Å²) in [5.74, 6) is 0.928. The van der Waals surface area contributed by atoms with Gasteiger partial charge in [-0.25, -0.2) is 4.98 Å². The largest absolute Gasteiger partial charge is 0.341 e. The van der Waals surface area contributed by atoms with Crippen LogP contribution in [0.2, 0.25) is 0 Å². The lowest BCUT2D eigenvalue weighted by Crippen LogP contribution is -2.32. The number of aromatic amines is 1. The van der Waals surface area contributed by atoms with E-state index in [1.165, 1.54) is 16.7 Å². The highest BCUT2D eigenvalue weighted by molar-refractivity contribution is 5.76. The third-order valence-corrected chi connectivity index (χ3v) is 5.36. The SMILES string of the molecule is c1ccc(C(c2ccccc2)(c2ccccc2)c2nc3ccccc3[nH]2)cc1. The van der Waals surface area contributed by atoms with Gasteiger partial charge < -0.3 is 4.98 Å². The summed E-state index contributed by atoms with van der Waals surface area (Å²) in [5.41, 5.74) is 5.06. The van der Waals surface area contributed by atoms with Crippen LogP contribution in [0.3, 0.4) is 0 Å². The molecule has 134 valence electrons. The maximum atomic E-state index is 5.06. The molecule has 0 bridgehead atoms. The van der Waals surface area contributed by atoms with Crippen LogP contribution in [-0.2, 0) is 5.41 Å². The van der Waals surface area contributed by atoms with Crippen molar-refractivity contribution in [2.75, 3.05) is 0 Å². The number of nitrogens with one attached hydrogen (secondary N) is 1. The second-order valence-electron chi connectivity index (χ2n) is 6.95. The third-order valence-electron chi connectivity index (χ3n) is 5.36. The smallest absolute Gasteiger partial charge is 0.126 e. The molecule has 0 spiro atoms. The van der Waals surface area contributed by atoms with Gasteiger partial charge in [0.1, 0.15) is 11.2 Å². The Bertz CT molecular complexity index is 1060. The Hall–Kier alpha value is -3.65. The summed E-state index contributed by atoms with van der Waals surface area (Å²) in [4.78, 5) is 8.68. The van der Waals surface area contributed by atoms with Crippen LogP contribution in [0, 0.1) is 0 Å².